The van der Waals surface area contributed by atoms with E-state index in [0.717, 1.165) is 54.3 Å². The highest BCUT2D eigenvalue weighted by molar-refractivity contribution is 5.88. The predicted octanol–water partition coefficient (Wildman–Crippen LogP) is 5.25. The Morgan fingerprint density at radius 1 is 1.07 bits per heavy atom. The van der Waals surface area contributed by atoms with Crippen molar-refractivity contribution < 1.29 is 19.1 Å². The molecule has 2 aromatic carbocycles. The molecule has 3 aromatic rings. The van der Waals surface area contributed by atoms with E-state index in [-0.39, 0.29) is 6.42 Å². The molecule has 0 fully saturated rings. The van der Waals surface area contributed by atoms with Gasteiger partial charge in [-0.1, -0.05) is 48.9 Å². The zero-order valence-electron chi connectivity index (χ0n) is 16.5. The average molecular weight is 390 g/mol. The van der Waals surface area contributed by atoms with E-state index < -0.39 is 11.4 Å². The third-order valence-corrected chi connectivity index (χ3v) is 6.28. The van der Waals surface area contributed by atoms with E-state index in [1.165, 1.54) is 12.0 Å². The van der Waals surface area contributed by atoms with Gasteiger partial charge in [-0.05, 0) is 49.3 Å². The number of aldehydes is 1. The number of aryl methyl sites for hydroxylation is 3. The highest BCUT2D eigenvalue weighted by atomic mass is 16.4. The van der Waals surface area contributed by atoms with Gasteiger partial charge in [-0.15, -0.1) is 0 Å². The lowest BCUT2D eigenvalue weighted by Crippen LogP contribution is -2.37. The number of carboxylic acids is 1. The van der Waals surface area contributed by atoms with Crippen LogP contribution in [0.15, 0.2) is 52.9 Å². The Labute approximate surface area is 170 Å². The number of carboxylic acid groups (broad SMARTS) is 1. The van der Waals surface area contributed by atoms with E-state index in [2.05, 4.69) is 0 Å². The normalized spacial score (nSPS) is 16.0. The lowest BCUT2D eigenvalue weighted by atomic mass is 9.73. The Balaban J connectivity index is 1.74. The summed E-state index contributed by atoms with van der Waals surface area (Å²) < 4.78 is 6.15. The van der Waals surface area contributed by atoms with Crippen LogP contribution in [0.1, 0.15) is 54.6 Å². The molecule has 4 nitrogen and oxygen atoms in total. The van der Waals surface area contributed by atoms with Crippen molar-refractivity contribution in [3.8, 4) is 0 Å². The Kier molecular flexibility index (Phi) is 5.52. The second-order valence-corrected chi connectivity index (χ2v) is 8.02. The maximum absolute atomic E-state index is 12.4. The van der Waals surface area contributed by atoms with Crippen LogP contribution in [0.5, 0.6) is 0 Å². The Bertz CT molecular complexity index is 1020. The van der Waals surface area contributed by atoms with Gasteiger partial charge in [0.15, 0.2) is 0 Å². The quantitative estimate of drug-likeness (QED) is 0.442. The molecule has 1 aliphatic carbocycles. The first-order valence-corrected chi connectivity index (χ1v) is 10.4. The first kappa shape index (κ1) is 19.4. The summed E-state index contributed by atoms with van der Waals surface area (Å²) in [5, 5.41) is 11.3. The maximum atomic E-state index is 12.4. The van der Waals surface area contributed by atoms with Crippen LogP contribution in [0.25, 0.3) is 11.0 Å². The van der Waals surface area contributed by atoms with E-state index in [0.29, 0.717) is 18.4 Å². The molecular weight excluding hydrogens is 364 g/mol. The van der Waals surface area contributed by atoms with E-state index in [1.54, 1.807) is 0 Å². The fraction of sp³-hybridized carbons (Fsp3) is 0.360. The van der Waals surface area contributed by atoms with Crippen molar-refractivity contribution in [2.75, 3.05) is 0 Å². The molecule has 4 rings (SSSR count). The van der Waals surface area contributed by atoms with Crippen LogP contribution in [0.4, 0.5) is 0 Å². The molecule has 150 valence electrons. The summed E-state index contributed by atoms with van der Waals surface area (Å²) in [6.07, 6.45) is 7.06. The van der Waals surface area contributed by atoms with Gasteiger partial charge in [0, 0.05) is 23.8 Å². The average Bonchev–Trinajstić information content (AvgIpc) is 2.91. The van der Waals surface area contributed by atoms with Gasteiger partial charge in [0.2, 0.25) is 0 Å². The lowest BCUT2D eigenvalue weighted by Gasteiger charge is -2.28. The molecule has 1 heterocycles. The second kappa shape index (κ2) is 8.24. The first-order chi connectivity index (χ1) is 14.1. The molecule has 1 atom stereocenters. The first-order valence-electron chi connectivity index (χ1n) is 10.4. The van der Waals surface area contributed by atoms with Crippen LogP contribution < -0.4 is 0 Å². The van der Waals surface area contributed by atoms with Gasteiger partial charge in [-0.3, -0.25) is 4.79 Å². The number of hydrogen-bond donors (Lipinski definition) is 1. The van der Waals surface area contributed by atoms with Crippen molar-refractivity contribution in [1.82, 2.24) is 0 Å². The van der Waals surface area contributed by atoms with Crippen molar-refractivity contribution >= 4 is 23.2 Å². The van der Waals surface area contributed by atoms with Crippen molar-refractivity contribution in [1.29, 1.82) is 0 Å². The molecular formula is C25H26O4. The smallest absolute Gasteiger partial charge is 0.314 e. The largest absolute Gasteiger partial charge is 0.481 e. The number of aliphatic carboxylic acids is 1. The molecule has 1 aromatic heterocycles. The fourth-order valence-corrected chi connectivity index (χ4v) is 4.57. The molecule has 0 saturated carbocycles. The summed E-state index contributed by atoms with van der Waals surface area (Å²) in [5.41, 5.74) is 2.46. The number of benzene rings is 2. The molecule has 0 radical (unpaired) electrons. The van der Waals surface area contributed by atoms with Gasteiger partial charge < -0.3 is 14.3 Å². The van der Waals surface area contributed by atoms with Crippen LogP contribution in [-0.4, -0.2) is 17.4 Å². The molecule has 4 heteroatoms. The highest BCUT2D eigenvalue weighted by Crippen LogP contribution is 2.38. The number of fused-ring (bicyclic) bond motifs is 3. The zero-order valence-corrected chi connectivity index (χ0v) is 16.5. The minimum absolute atomic E-state index is 0.0545. The van der Waals surface area contributed by atoms with E-state index in [4.69, 9.17) is 4.42 Å². The van der Waals surface area contributed by atoms with Gasteiger partial charge in [0.1, 0.15) is 17.6 Å². The van der Waals surface area contributed by atoms with Crippen LogP contribution in [0, 0.1) is 0 Å². The highest BCUT2D eigenvalue weighted by Gasteiger charge is 2.40. The summed E-state index contributed by atoms with van der Waals surface area (Å²) in [4.78, 5) is 23.9. The topological polar surface area (TPSA) is 67.5 Å². The van der Waals surface area contributed by atoms with Gasteiger partial charge in [0.25, 0.3) is 0 Å². The molecule has 0 spiro atoms. The van der Waals surface area contributed by atoms with Gasteiger partial charge >= 0.3 is 5.97 Å². The summed E-state index contributed by atoms with van der Waals surface area (Å²) in [6.45, 7) is 0. The summed E-state index contributed by atoms with van der Waals surface area (Å²) in [6, 6.07) is 15.5. The number of carbonyl (C=O) groups is 2. The van der Waals surface area contributed by atoms with Gasteiger partial charge in [-0.25, -0.2) is 0 Å². The standard InChI is InChI=1S/C25H26O4/c26-16-15-25(24(27)28,14-13-18-7-3-1-4-8-18)19-11-12-21-20-9-5-2-6-10-22(20)29-23(21)17-19/h1,3-4,7-8,11-12,16-17H,2,5-6,9-10,13-15H2,(H,27,28). The number of hydrogen-bond acceptors (Lipinski definition) is 3. The number of carbonyl (C=O) groups excluding carboxylic acids is 1. The van der Waals surface area contributed by atoms with Crippen LogP contribution >= 0.6 is 0 Å². The summed E-state index contributed by atoms with van der Waals surface area (Å²) in [5.74, 6) is 0.0725. The predicted molar refractivity (Wildman–Crippen MR) is 112 cm³/mol. The van der Waals surface area contributed by atoms with E-state index in [9.17, 15) is 14.7 Å². The van der Waals surface area contributed by atoms with E-state index >= 15 is 0 Å². The molecule has 0 saturated heterocycles. The third kappa shape index (κ3) is 3.71. The Hall–Kier alpha value is -2.88. The van der Waals surface area contributed by atoms with Crippen molar-refractivity contribution in [2.24, 2.45) is 0 Å². The molecule has 1 aliphatic rings. The van der Waals surface area contributed by atoms with Crippen molar-refractivity contribution in [2.45, 2.75) is 56.8 Å². The number of furan rings is 1. The van der Waals surface area contributed by atoms with Crippen LogP contribution in [0.3, 0.4) is 0 Å². The van der Waals surface area contributed by atoms with E-state index in [1.807, 2.05) is 48.5 Å². The second-order valence-electron chi connectivity index (χ2n) is 8.02. The monoisotopic (exact) mass is 390 g/mol. The molecule has 0 bridgehead atoms. The van der Waals surface area contributed by atoms with Gasteiger partial charge in [0.05, 0.1) is 5.41 Å². The SMILES string of the molecule is O=CCC(CCc1ccccc1)(C(=O)O)c1ccc2c3c(oc2c1)CCCCC3. The molecule has 29 heavy (non-hydrogen) atoms. The number of rotatable bonds is 7. The Morgan fingerprint density at radius 2 is 1.86 bits per heavy atom. The minimum Gasteiger partial charge on any atom is -0.481 e. The molecule has 0 aliphatic heterocycles. The molecule has 1 unspecified atom stereocenters. The minimum atomic E-state index is -1.25. The third-order valence-electron chi connectivity index (χ3n) is 6.28. The van der Waals surface area contributed by atoms with Crippen LogP contribution in [0.2, 0.25) is 0 Å². The lowest BCUT2D eigenvalue weighted by molar-refractivity contribution is -0.145. The molecule has 0 amide bonds. The van der Waals surface area contributed by atoms with Crippen LogP contribution in [-0.2, 0) is 34.3 Å². The summed E-state index contributed by atoms with van der Waals surface area (Å²) >= 11 is 0. The zero-order chi connectivity index (χ0) is 20.3. The van der Waals surface area contributed by atoms with Gasteiger partial charge in [-0.2, -0.15) is 0 Å². The fourth-order valence-electron chi connectivity index (χ4n) is 4.57. The maximum Gasteiger partial charge on any atom is 0.314 e. The Morgan fingerprint density at radius 3 is 2.62 bits per heavy atom. The summed E-state index contributed by atoms with van der Waals surface area (Å²) in [7, 11) is 0. The molecule has 1 N–H and O–H groups in total. The van der Waals surface area contributed by atoms with Crippen molar-refractivity contribution in [3.63, 3.8) is 0 Å². The van der Waals surface area contributed by atoms with Crippen molar-refractivity contribution in [3.05, 3.63) is 71.0 Å².